The molecule has 0 fully saturated rings. The van der Waals surface area contributed by atoms with Gasteiger partial charge in [-0.05, 0) is 49.4 Å². The van der Waals surface area contributed by atoms with Gasteiger partial charge >= 0.3 is 0 Å². The molecule has 0 unspecified atom stereocenters. The zero-order chi connectivity index (χ0) is 19.5. The third kappa shape index (κ3) is 4.81. The first-order chi connectivity index (χ1) is 12.1. The summed E-state index contributed by atoms with van der Waals surface area (Å²) in [5, 5.41) is 3.53. The quantitative estimate of drug-likeness (QED) is 0.776. The molecule has 0 aliphatic rings. The number of benzene rings is 2. The van der Waals surface area contributed by atoms with Crippen LogP contribution < -0.4 is 14.4 Å². The topological polar surface area (TPSA) is 75.7 Å². The maximum atomic E-state index is 12.7. The van der Waals surface area contributed by atoms with E-state index in [0.29, 0.717) is 27.2 Å². The van der Waals surface area contributed by atoms with Gasteiger partial charge in [0.1, 0.15) is 11.8 Å². The highest BCUT2D eigenvalue weighted by atomic mass is 35.5. The minimum Gasteiger partial charge on any atom is -0.495 e. The number of rotatable bonds is 6. The van der Waals surface area contributed by atoms with Gasteiger partial charge in [0.15, 0.2) is 0 Å². The predicted octanol–water partition coefficient (Wildman–Crippen LogP) is 3.80. The number of methoxy groups -OCH3 is 1. The van der Waals surface area contributed by atoms with Gasteiger partial charge in [-0.3, -0.25) is 9.10 Å². The van der Waals surface area contributed by atoms with Crippen LogP contribution in [0.4, 0.5) is 11.4 Å². The second kappa shape index (κ2) is 8.16. The van der Waals surface area contributed by atoms with Crippen molar-refractivity contribution in [2.75, 3.05) is 23.0 Å². The van der Waals surface area contributed by atoms with Crippen molar-refractivity contribution >= 4 is 50.5 Å². The summed E-state index contributed by atoms with van der Waals surface area (Å²) in [5.74, 6) is -0.127. The van der Waals surface area contributed by atoms with Gasteiger partial charge in [0.2, 0.25) is 15.9 Å². The maximum Gasteiger partial charge on any atom is 0.248 e. The molecule has 2 aromatic rings. The van der Waals surface area contributed by atoms with Crippen LogP contribution in [0.2, 0.25) is 10.0 Å². The molecule has 0 saturated heterocycles. The minimum atomic E-state index is -3.72. The molecule has 0 aromatic heterocycles. The Morgan fingerprint density at radius 2 is 1.69 bits per heavy atom. The monoisotopic (exact) mass is 416 g/mol. The number of sulfonamides is 1. The summed E-state index contributed by atoms with van der Waals surface area (Å²) >= 11 is 11.8. The van der Waals surface area contributed by atoms with E-state index < -0.39 is 22.0 Å². The Kier molecular flexibility index (Phi) is 6.39. The molecule has 140 valence electrons. The lowest BCUT2D eigenvalue weighted by Gasteiger charge is -2.28. The number of halogens is 2. The Morgan fingerprint density at radius 1 is 1.12 bits per heavy atom. The van der Waals surface area contributed by atoms with Crippen LogP contribution in [0.3, 0.4) is 0 Å². The van der Waals surface area contributed by atoms with Crippen molar-refractivity contribution in [3.63, 3.8) is 0 Å². The van der Waals surface area contributed by atoms with Gasteiger partial charge < -0.3 is 10.1 Å². The molecule has 0 radical (unpaired) electrons. The third-order valence-corrected chi connectivity index (χ3v) is 5.32. The standard InChI is InChI=1S/C17H18Cl2N2O4S/c1-11(17(22)20-15-10-13(19)6-9-16(15)25-2)21(26(3,23)24)14-7-4-12(18)5-8-14/h4-11H,1-3H3,(H,20,22)/t11-/m0/s1. The zero-order valence-electron chi connectivity index (χ0n) is 14.4. The highest BCUT2D eigenvalue weighted by Crippen LogP contribution is 2.29. The predicted molar refractivity (Wildman–Crippen MR) is 105 cm³/mol. The maximum absolute atomic E-state index is 12.7. The number of anilines is 2. The molecular formula is C17H18Cl2N2O4S. The molecule has 9 heteroatoms. The molecule has 1 atom stereocenters. The van der Waals surface area contributed by atoms with E-state index in [9.17, 15) is 13.2 Å². The van der Waals surface area contributed by atoms with Crippen molar-refractivity contribution in [1.82, 2.24) is 0 Å². The van der Waals surface area contributed by atoms with Crippen LogP contribution in [0.1, 0.15) is 6.92 Å². The first kappa shape index (κ1) is 20.4. The lowest BCUT2D eigenvalue weighted by atomic mass is 10.2. The Balaban J connectivity index is 2.34. The fraction of sp³-hybridized carbons (Fsp3) is 0.235. The van der Waals surface area contributed by atoms with Gasteiger partial charge in [-0.1, -0.05) is 23.2 Å². The number of hydrogen-bond acceptors (Lipinski definition) is 4. The fourth-order valence-corrected chi connectivity index (χ4v) is 3.88. The minimum absolute atomic E-state index is 0.331. The second-order valence-electron chi connectivity index (χ2n) is 5.55. The molecule has 1 N–H and O–H groups in total. The van der Waals surface area contributed by atoms with Crippen molar-refractivity contribution in [1.29, 1.82) is 0 Å². The van der Waals surface area contributed by atoms with Crippen molar-refractivity contribution in [2.45, 2.75) is 13.0 Å². The van der Waals surface area contributed by atoms with Crippen LogP contribution in [-0.4, -0.2) is 33.7 Å². The molecule has 2 rings (SSSR count). The van der Waals surface area contributed by atoms with E-state index in [2.05, 4.69) is 5.32 Å². The number of amides is 1. The van der Waals surface area contributed by atoms with E-state index in [4.69, 9.17) is 27.9 Å². The smallest absolute Gasteiger partial charge is 0.248 e. The molecule has 1 amide bonds. The summed E-state index contributed by atoms with van der Waals surface area (Å²) in [4.78, 5) is 12.7. The van der Waals surface area contributed by atoms with Gasteiger partial charge in [-0.15, -0.1) is 0 Å². The van der Waals surface area contributed by atoms with Crippen molar-refractivity contribution < 1.29 is 17.9 Å². The number of hydrogen-bond donors (Lipinski definition) is 1. The summed E-state index contributed by atoms with van der Waals surface area (Å²) in [7, 11) is -2.26. The Labute approximate surface area is 162 Å². The summed E-state index contributed by atoms with van der Waals surface area (Å²) in [6.07, 6.45) is 1.03. The van der Waals surface area contributed by atoms with Crippen molar-refractivity contribution in [3.05, 3.63) is 52.5 Å². The average Bonchev–Trinajstić information content (AvgIpc) is 2.55. The lowest BCUT2D eigenvalue weighted by Crippen LogP contribution is -2.45. The van der Waals surface area contributed by atoms with Crippen molar-refractivity contribution in [3.8, 4) is 5.75 Å². The van der Waals surface area contributed by atoms with Crippen LogP contribution in [0.25, 0.3) is 0 Å². The fourth-order valence-electron chi connectivity index (χ4n) is 2.41. The Morgan fingerprint density at radius 3 is 2.23 bits per heavy atom. The SMILES string of the molecule is COc1ccc(Cl)cc1NC(=O)[C@H](C)N(c1ccc(Cl)cc1)S(C)(=O)=O. The second-order valence-corrected chi connectivity index (χ2v) is 8.28. The summed E-state index contributed by atoms with van der Waals surface area (Å²) in [6, 6.07) is 9.92. The van der Waals surface area contributed by atoms with Gasteiger partial charge in [0.05, 0.1) is 24.7 Å². The zero-order valence-corrected chi connectivity index (χ0v) is 16.7. The summed E-state index contributed by atoms with van der Waals surface area (Å²) in [5.41, 5.74) is 0.680. The number of ether oxygens (including phenoxy) is 1. The molecule has 0 saturated carbocycles. The van der Waals surface area contributed by atoms with Crippen LogP contribution in [-0.2, 0) is 14.8 Å². The molecule has 6 nitrogen and oxygen atoms in total. The van der Waals surface area contributed by atoms with E-state index in [1.807, 2.05) is 0 Å². The molecule has 0 heterocycles. The molecule has 26 heavy (non-hydrogen) atoms. The molecule has 0 spiro atoms. The molecule has 2 aromatic carbocycles. The lowest BCUT2D eigenvalue weighted by molar-refractivity contribution is -0.116. The average molecular weight is 417 g/mol. The van der Waals surface area contributed by atoms with E-state index in [1.54, 1.807) is 24.3 Å². The number of nitrogens with zero attached hydrogens (tertiary/aromatic N) is 1. The number of carbonyl (C=O) groups is 1. The van der Waals surface area contributed by atoms with Crippen LogP contribution >= 0.6 is 23.2 Å². The van der Waals surface area contributed by atoms with Gasteiger partial charge in [0, 0.05) is 10.0 Å². The first-order valence-corrected chi connectivity index (χ1v) is 10.1. The highest BCUT2D eigenvalue weighted by Gasteiger charge is 2.29. The van der Waals surface area contributed by atoms with Crippen LogP contribution in [0, 0.1) is 0 Å². The summed E-state index contributed by atoms with van der Waals surface area (Å²) < 4.78 is 30.7. The molecule has 0 aliphatic carbocycles. The van der Waals surface area contributed by atoms with E-state index >= 15 is 0 Å². The van der Waals surface area contributed by atoms with E-state index in [0.717, 1.165) is 10.6 Å². The number of carbonyl (C=O) groups excluding carboxylic acids is 1. The van der Waals surface area contributed by atoms with Crippen LogP contribution in [0.15, 0.2) is 42.5 Å². The molecular weight excluding hydrogens is 399 g/mol. The molecule has 0 bridgehead atoms. The van der Waals surface area contributed by atoms with Crippen LogP contribution in [0.5, 0.6) is 5.75 Å². The summed E-state index contributed by atoms with van der Waals surface area (Å²) in [6.45, 7) is 1.49. The third-order valence-electron chi connectivity index (χ3n) is 3.59. The number of nitrogens with one attached hydrogen (secondary N) is 1. The first-order valence-electron chi connectivity index (χ1n) is 7.53. The highest BCUT2D eigenvalue weighted by molar-refractivity contribution is 7.92. The van der Waals surface area contributed by atoms with Crippen molar-refractivity contribution in [2.24, 2.45) is 0 Å². The van der Waals surface area contributed by atoms with Gasteiger partial charge in [0.25, 0.3) is 0 Å². The van der Waals surface area contributed by atoms with Gasteiger partial charge in [-0.2, -0.15) is 0 Å². The normalized spacial score (nSPS) is 12.3. The largest absolute Gasteiger partial charge is 0.495 e. The molecule has 0 aliphatic heterocycles. The van der Waals surface area contributed by atoms with Gasteiger partial charge in [-0.25, -0.2) is 8.42 Å². The Hall–Kier alpha value is -1.96. The Bertz CT molecular complexity index is 901. The van der Waals surface area contributed by atoms with E-state index in [1.165, 1.54) is 32.2 Å². The van der Waals surface area contributed by atoms with E-state index in [-0.39, 0.29) is 0 Å².